The van der Waals surface area contributed by atoms with E-state index in [-0.39, 0.29) is 16.8 Å². The molecule has 0 saturated carbocycles. The highest BCUT2D eigenvalue weighted by Gasteiger charge is 2.30. The Bertz CT molecular complexity index is 951. The van der Waals surface area contributed by atoms with Crippen LogP contribution in [0, 0.1) is 10.1 Å². The number of carbonyl (C=O) groups excluding carboxylic acids is 1. The van der Waals surface area contributed by atoms with E-state index < -0.39 is 4.92 Å². The number of hydrogen-bond donors (Lipinski definition) is 0. The first-order chi connectivity index (χ1) is 11.1. The predicted octanol–water partition coefficient (Wildman–Crippen LogP) is 3.82. The highest BCUT2D eigenvalue weighted by molar-refractivity contribution is 7.99. The van der Waals surface area contributed by atoms with Crippen molar-refractivity contribution in [2.45, 2.75) is 16.8 Å². The van der Waals surface area contributed by atoms with Crippen LogP contribution < -0.4 is 0 Å². The quantitative estimate of drug-likeness (QED) is 0.528. The van der Waals surface area contributed by atoms with E-state index in [1.807, 2.05) is 30.3 Å². The lowest BCUT2D eigenvalue weighted by Crippen LogP contribution is -2.19. The number of para-hydroxylation sites is 2. The van der Waals surface area contributed by atoms with Crippen molar-refractivity contribution in [2.75, 3.05) is 0 Å². The lowest BCUT2D eigenvalue weighted by Gasteiger charge is -2.21. The molecule has 0 unspecified atom stereocenters. The molecule has 0 amide bonds. The highest BCUT2D eigenvalue weighted by Crippen LogP contribution is 2.43. The molecule has 0 bridgehead atoms. The van der Waals surface area contributed by atoms with Crippen molar-refractivity contribution in [1.29, 1.82) is 0 Å². The molecule has 0 fully saturated rings. The molecule has 0 radical (unpaired) electrons. The minimum Gasteiger partial charge on any atom is -0.274 e. The normalized spacial score (nSPS) is 17.2. The fourth-order valence-corrected chi connectivity index (χ4v) is 3.99. The van der Waals surface area contributed by atoms with Gasteiger partial charge in [0.05, 0.1) is 16.0 Å². The van der Waals surface area contributed by atoms with E-state index in [0.717, 1.165) is 16.6 Å². The van der Waals surface area contributed by atoms with Crippen LogP contribution in [0.25, 0.3) is 11.0 Å². The van der Waals surface area contributed by atoms with Gasteiger partial charge < -0.3 is 0 Å². The third-order valence-corrected chi connectivity index (χ3v) is 5.05. The Kier molecular flexibility index (Phi) is 3.16. The summed E-state index contributed by atoms with van der Waals surface area (Å²) >= 11 is 1.47. The van der Waals surface area contributed by atoms with Crippen LogP contribution in [0.3, 0.4) is 0 Å². The maximum atomic E-state index is 12.5. The van der Waals surface area contributed by atoms with Crippen LogP contribution in [0.5, 0.6) is 0 Å². The fourth-order valence-electron chi connectivity index (χ4n) is 2.77. The highest BCUT2D eigenvalue weighted by atomic mass is 32.2. The summed E-state index contributed by atoms with van der Waals surface area (Å²) in [5.41, 5.74) is 2.39. The van der Waals surface area contributed by atoms with Crippen molar-refractivity contribution in [2.24, 2.45) is 0 Å². The number of non-ortho nitro benzene ring substituents is 1. The molecule has 0 saturated heterocycles. The number of benzene rings is 2. The molecule has 0 spiro atoms. The summed E-state index contributed by atoms with van der Waals surface area (Å²) in [7, 11) is 0. The van der Waals surface area contributed by atoms with E-state index in [4.69, 9.17) is 0 Å². The third kappa shape index (κ3) is 2.29. The molecule has 1 atom stereocenters. The number of nitrogens with zero attached hydrogens (tertiary/aromatic N) is 3. The smallest absolute Gasteiger partial charge is 0.269 e. The van der Waals surface area contributed by atoms with Gasteiger partial charge in [-0.2, -0.15) is 0 Å². The Balaban J connectivity index is 1.76. The third-order valence-electron chi connectivity index (χ3n) is 3.84. The van der Waals surface area contributed by atoms with Gasteiger partial charge in [-0.3, -0.25) is 19.5 Å². The molecule has 3 aromatic rings. The standard InChI is InChI=1S/C16H11N3O3S/c20-15-9-14(10-4-3-5-11(8-10)19(21)22)23-16-17-12-6-1-2-7-13(12)18(15)16/h1-8,14H,9H2/t14-/m1/s1. The number of imidazole rings is 1. The largest absolute Gasteiger partial charge is 0.274 e. The molecule has 2 aromatic carbocycles. The average molecular weight is 325 g/mol. The summed E-state index contributed by atoms with van der Waals surface area (Å²) in [6.45, 7) is 0. The molecule has 4 rings (SSSR count). The summed E-state index contributed by atoms with van der Waals surface area (Å²) in [5, 5.41) is 11.4. The van der Waals surface area contributed by atoms with Crippen molar-refractivity contribution < 1.29 is 9.72 Å². The van der Waals surface area contributed by atoms with Crippen molar-refractivity contribution >= 4 is 34.4 Å². The zero-order chi connectivity index (χ0) is 16.0. The van der Waals surface area contributed by atoms with Gasteiger partial charge in [0.25, 0.3) is 5.69 Å². The molecular weight excluding hydrogens is 314 g/mol. The second-order valence-corrected chi connectivity index (χ2v) is 6.44. The number of nitro benzene ring substituents is 1. The van der Waals surface area contributed by atoms with Crippen LogP contribution in [0.2, 0.25) is 0 Å². The Morgan fingerprint density at radius 1 is 1.22 bits per heavy atom. The summed E-state index contributed by atoms with van der Waals surface area (Å²) in [6, 6.07) is 14.0. The molecule has 2 heterocycles. The van der Waals surface area contributed by atoms with Crippen molar-refractivity contribution in [1.82, 2.24) is 9.55 Å². The first-order valence-electron chi connectivity index (χ1n) is 7.05. The van der Waals surface area contributed by atoms with Gasteiger partial charge in [0, 0.05) is 23.8 Å². The second kappa shape index (κ2) is 5.20. The minimum atomic E-state index is -0.423. The van der Waals surface area contributed by atoms with E-state index in [1.165, 1.54) is 23.9 Å². The molecule has 1 aromatic heterocycles. The van der Waals surface area contributed by atoms with Crippen LogP contribution in [-0.2, 0) is 0 Å². The van der Waals surface area contributed by atoms with Crippen LogP contribution >= 0.6 is 11.8 Å². The van der Waals surface area contributed by atoms with E-state index in [0.29, 0.717) is 11.6 Å². The van der Waals surface area contributed by atoms with Crippen LogP contribution in [0.4, 0.5) is 5.69 Å². The first kappa shape index (κ1) is 14.0. The summed E-state index contributed by atoms with van der Waals surface area (Å²) in [5.74, 6) is -0.0380. The molecule has 23 heavy (non-hydrogen) atoms. The zero-order valence-electron chi connectivity index (χ0n) is 11.9. The van der Waals surface area contributed by atoms with Gasteiger partial charge >= 0.3 is 0 Å². The number of thioether (sulfide) groups is 1. The molecule has 0 N–H and O–H groups in total. The number of nitro groups is 1. The molecular formula is C16H11N3O3S. The van der Waals surface area contributed by atoms with E-state index in [9.17, 15) is 14.9 Å². The van der Waals surface area contributed by atoms with Crippen LogP contribution in [0.1, 0.15) is 22.0 Å². The van der Waals surface area contributed by atoms with Crippen LogP contribution in [0.15, 0.2) is 53.7 Å². The molecule has 6 nitrogen and oxygen atoms in total. The Labute approximate surface area is 135 Å². The van der Waals surface area contributed by atoms with Gasteiger partial charge in [-0.25, -0.2) is 4.98 Å². The van der Waals surface area contributed by atoms with Gasteiger partial charge in [0.1, 0.15) is 0 Å². The Morgan fingerprint density at radius 2 is 2.04 bits per heavy atom. The van der Waals surface area contributed by atoms with Crippen molar-refractivity contribution in [3.8, 4) is 0 Å². The van der Waals surface area contributed by atoms with E-state index in [1.54, 1.807) is 10.6 Å². The maximum Gasteiger partial charge on any atom is 0.269 e. The lowest BCUT2D eigenvalue weighted by atomic mass is 10.1. The van der Waals surface area contributed by atoms with E-state index >= 15 is 0 Å². The van der Waals surface area contributed by atoms with Gasteiger partial charge in [-0.1, -0.05) is 36.0 Å². The summed E-state index contributed by atoms with van der Waals surface area (Å²) in [4.78, 5) is 27.6. The van der Waals surface area contributed by atoms with Gasteiger partial charge in [-0.15, -0.1) is 0 Å². The molecule has 1 aliphatic heterocycles. The molecule has 1 aliphatic rings. The first-order valence-corrected chi connectivity index (χ1v) is 7.93. The summed E-state index contributed by atoms with van der Waals surface area (Å²) < 4.78 is 1.63. The minimum absolute atomic E-state index is 0.0367. The van der Waals surface area contributed by atoms with Gasteiger partial charge in [0.15, 0.2) is 5.16 Å². The van der Waals surface area contributed by atoms with E-state index in [2.05, 4.69) is 4.98 Å². The topological polar surface area (TPSA) is 78.0 Å². The Morgan fingerprint density at radius 3 is 2.87 bits per heavy atom. The van der Waals surface area contributed by atoms with Crippen molar-refractivity contribution in [3.05, 3.63) is 64.2 Å². The van der Waals surface area contributed by atoms with Gasteiger partial charge in [0.2, 0.25) is 5.91 Å². The molecule has 114 valence electrons. The van der Waals surface area contributed by atoms with Crippen LogP contribution in [-0.4, -0.2) is 20.4 Å². The Hall–Kier alpha value is -2.67. The molecule has 0 aliphatic carbocycles. The second-order valence-electron chi connectivity index (χ2n) is 5.27. The maximum absolute atomic E-state index is 12.5. The predicted molar refractivity (Wildman–Crippen MR) is 86.7 cm³/mol. The average Bonchev–Trinajstić information content (AvgIpc) is 2.93. The zero-order valence-corrected chi connectivity index (χ0v) is 12.7. The van der Waals surface area contributed by atoms with Crippen molar-refractivity contribution in [3.63, 3.8) is 0 Å². The van der Waals surface area contributed by atoms with Gasteiger partial charge in [-0.05, 0) is 17.7 Å². The fraction of sp³-hybridized carbons (Fsp3) is 0.125. The number of aromatic nitrogens is 2. The lowest BCUT2D eigenvalue weighted by molar-refractivity contribution is -0.384. The number of hydrogen-bond acceptors (Lipinski definition) is 5. The number of carbonyl (C=O) groups is 1. The SMILES string of the molecule is O=C1C[C@H](c2cccc([N+](=O)[O-])c2)Sc2nc3ccccc3n21. The number of fused-ring (bicyclic) bond motifs is 3. The summed E-state index contributed by atoms with van der Waals surface area (Å²) in [6.07, 6.45) is 0.291. The monoisotopic (exact) mass is 325 g/mol. The number of rotatable bonds is 2. The molecule has 7 heteroatoms.